The van der Waals surface area contributed by atoms with Crippen LogP contribution in [0.4, 0.5) is 0 Å². The fourth-order valence-corrected chi connectivity index (χ4v) is 2.95. The lowest BCUT2D eigenvalue weighted by Gasteiger charge is -2.27. The van der Waals surface area contributed by atoms with E-state index < -0.39 is 0 Å². The summed E-state index contributed by atoms with van der Waals surface area (Å²) >= 11 is 0. The van der Waals surface area contributed by atoms with Gasteiger partial charge in [0.05, 0.1) is 6.54 Å². The number of hydrogen-bond acceptors (Lipinski definition) is 2. The van der Waals surface area contributed by atoms with Gasteiger partial charge >= 0.3 is 0 Å². The molecule has 1 N–H and O–H groups in total. The summed E-state index contributed by atoms with van der Waals surface area (Å²) < 4.78 is 0. The summed E-state index contributed by atoms with van der Waals surface area (Å²) in [5.74, 6) is -0.0549. The van der Waals surface area contributed by atoms with Gasteiger partial charge in [-0.3, -0.25) is 9.59 Å². The molecule has 128 valence electrons. The van der Waals surface area contributed by atoms with Crippen molar-refractivity contribution in [3.05, 3.63) is 81.6 Å². The lowest BCUT2D eigenvalue weighted by Crippen LogP contribution is -2.38. The third-order valence-corrected chi connectivity index (χ3v) is 4.43. The van der Waals surface area contributed by atoms with Gasteiger partial charge in [-0.05, 0) is 49.9 Å². The van der Waals surface area contributed by atoms with Gasteiger partial charge in [-0.1, -0.05) is 36.4 Å². The summed E-state index contributed by atoms with van der Waals surface area (Å²) in [5, 5.41) is 0.962. The number of hydrogen-bond donors (Lipinski definition) is 1. The molecular weight excluding hydrogens is 312 g/mol. The van der Waals surface area contributed by atoms with Gasteiger partial charge in [0.25, 0.3) is 11.5 Å². The van der Waals surface area contributed by atoms with Crippen molar-refractivity contribution in [2.45, 2.75) is 33.4 Å². The minimum Gasteiger partial charge on any atom is -0.332 e. The Balaban J connectivity index is 1.98. The number of nitrogens with zero attached hydrogens (tertiary/aromatic N) is 1. The van der Waals surface area contributed by atoms with Crippen molar-refractivity contribution in [3.8, 4) is 0 Å². The lowest BCUT2D eigenvalue weighted by atomic mass is 10.1. The van der Waals surface area contributed by atoms with Crippen LogP contribution in [0.25, 0.3) is 10.9 Å². The average molecular weight is 334 g/mol. The molecule has 3 aromatic rings. The predicted molar refractivity (Wildman–Crippen MR) is 101 cm³/mol. The Morgan fingerprint density at radius 1 is 1.08 bits per heavy atom. The van der Waals surface area contributed by atoms with E-state index >= 15 is 0 Å². The smallest absolute Gasteiger partial charge is 0.254 e. The number of H-pyrrole nitrogens is 1. The maximum absolute atomic E-state index is 13.0. The van der Waals surface area contributed by atoms with Crippen LogP contribution < -0.4 is 5.56 Å². The molecule has 0 spiro atoms. The van der Waals surface area contributed by atoms with Crippen LogP contribution >= 0.6 is 0 Å². The van der Waals surface area contributed by atoms with Crippen molar-refractivity contribution in [1.29, 1.82) is 0 Å². The van der Waals surface area contributed by atoms with E-state index in [1.165, 1.54) is 0 Å². The van der Waals surface area contributed by atoms with Crippen molar-refractivity contribution >= 4 is 16.8 Å². The topological polar surface area (TPSA) is 53.2 Å². The van der Waals surface area contributed by atoms with Gasteiger partial charge < -0.3 is 9.88 Å². The van der Waals surface area contributed by atoms with Crippen LogP contribution in [0.1, 0.15) is 35.3 Å². The Labute approximate surface area is 147 Å². The molecule has 4 heteroatoms. The second-order valence-corrected chi connectivity index (χ2v) is 6.55. The summed E-state index contributed by atoms with van der Waals surface area (Å²) in [6, 6.07) is 17.0. The van der Waals surface area contributed by atoms with Crippen molar-refractivity contribution in [2.75, 3.05) is 0 Å². The van der Waals surface area contributed by atoms with Crippen LogP contribution in [0, 0.1) is 6.92 Å². The fraction of sp³-hybridized carbons (Fsp3) is 0.238. The first kappa shape index (κ1) is 17.0. The van der Waals surface area contributed by atoms with Crippen LogP contribution in [0.15, 0.2) is 59.4 Å². The second kappa shape index (κ2) is 6.93. The van der Waals surface area contributed by atoms with Crippen molar-refractivity contribution in [2.24, 2.45) is 0 Å². The minimum absolute atomic E-state index is 0.0158. The Morgan fingerprint density at radius 3 is 2.48 bits per heavy atom. The van der Waals surface area contributed by atoms with Crippen molar-refractivity contribution in [1.82, 2.24) is 9.88 Å². The highest BCUT2D eigenvalue weighted by Gasteiger charge is 2.21. The molecule has 0 aliphatic heterocycles. The highest BCUT2D eigenvalue weighted by Crippen LogP contribution is 2.17. The summed E-state index contributed by atoms with van der Waals surface area (Å²) in [5.41, 5.74) is 2.85. The molecule has 0 atom stereocenters. The second-order valence-electron chi connectivity index (χ2n) is 6.55. The number of carbonyl (C=O) groups excluding carboxylic acids is 1. The quantitative estimate of drug-likeness (QED) is 0.787. The number of aryl methyl sites for hydroxylation is 1. The normalized spacial score (nSPS) is 11.0. The number of fused-ring (bicyclic) bond motifs is 1. The Bertz CT molecular complexity index is 973. The lowest BCUT2D eigenvalue weighted by molar-refractivity contribution is 0.0689. The largest absolute Gasteiger partial charge is 0.332 e. The number of aromatic amines is 1. The molecule has 2 aromatic carbocycles. The highest BCUT2D eigenvalue weighted by atomic mass is 16.2. The van der Waals surface area contributed by atoms with E-state index in [4.69, 9.17) is 0 Å². The fourth-order valence-electron chi connectivity index (χ4n) is 2.95. The maximum Gasteiger partial charge on any atom is 0.254 e. The summed E-state index contributed by atoms with van der Waals surface area (Å²) in [6.45, 7) is 6.14. The molecule has 0 unspecified atom stereocenters. The third-order valence-electron chi connectivity index (χ3n) is 4.43. The SMILES string of the molecule is Cc1ccccc1C(=O)N(Cc1cc2ccccc2[nH]c1=O)C(C)C. The standard InChI is InChI=1S/C21H22N2O2/c1-14(2)23(21(25)18-10-6-4-8-15(18)3)13-17-12-16-9-5-7-11-19(16)22-20(17)24/h4-12,14H,13H2,1-3H3,(H,22,24). The number of benzene rings is 2. The van der Waals surface area contributed by atoms with Crippen LogP contribution in [-0.4, -0.2) is 21.8 Å². The Hall–Kier alpha value is -2.88. The molecule has 0 aliphatic rings. The number of pyridine rings is 1. The molecule has 3 rings (SSSR count). The van der Waals surface area contributed by atoms with Gasteiger partial charge in [0.1, 0.15) is 0 Å². The summed E-state index contributed by atoms with van der Waals surface area (Å²) in [6.07, 6.45) is 0. The molecule has 1 amide bonds. The number of amides is 1. The molecule has 1 aromatic heterocycles. The molecular formula is C21H22N2O2. The predicted octanol–water partition coefficient (Wildman–Crippen LogP) is 3.89. The molecule has 0 saturated carbocycles. The first-order valence-corrected chi connectivity index (χ1v) is 8.45. The van der Waals surface area contributed by atoms with Crippen LogP contribution in [-0.2, 0) is 6.54 Å². The summed E-state index contributed by atoms with van der Waals surface area (Å²) in [4.78, 5) is 30.1. The van der Waals surface area contributed by atoms with Crippen LogP contribution in [0.3, 0.4) is 0 Å². The number of aromatic nitrogens is 1. The van der Waals surface area contributed by atoms with Gasteiger partial charge in [-0.15, -0.1) is 0 Å². The molecule has 0 fully saturated rings. The van der Waals surface area contributed by atoms with Crippen LogP contribution in [0.5, 0.6) is 0 Å². The number of nitrogens with one attached hydrogen (secondary N) is 1. The first-order chi connectivity index (χ1) is 12.0. The molecule has 25 heavy (non-hydrogen) atoms. The van der Waals surface area contributed by atoms with Crippen LogP contribution in [0.2, 0.25) is 0 Å². The molecule has 4 nitrogen and oxygen atoms in total. The van der Waals surface area contributed by atoms with E-state index in [-0.39, 0.29) is 24.1 Å². The number of rotatable bonds is 4. The van der Waals surface area contributed by atoms with E-state index in [1.807, 2.05) is 75.4 Å². The van der Waals surface area contributed by atoms with Crippen molar-refractivity contribution in [3.63, 3.8) is 0 Å². The van der Waals surface area contributed by atoms with Gasteiger partial charge in [0.15, 0.2) is 0 Å². The van der Waals surface area contributed by atoms with E-state index in [2.05, 4.69) is 4.98 Å². The number of carbonyl (C=O) groups is 1. The van der Waals surface area contributed by atoms with E-state index in [0.29, 0.717) is 11.1 Å². The molecule has 0 radical (unpaired) electrons. The van der Waals surface area contributed by atoms with Crippen molar-refractivity contribution < 1.29 is 4.79 Å². The monoisotopic (exact) mass is 334 g/mol. The summed E-state index contributed by atoms with van der Waals surface area (Å²) in [7, 11) is 0. The van der Waals surface area contributed by atoms with Gasteiger partial charge in [0, 0.05) is 22.7 Å². The molecule has 0 bridgehead atoms. The van der Waals surface area contributed by atoms with E-state index in [0.717, 1.165) is 16.5 Å². The van der Waals surface area contributed by atoms with E-state index in [9.17, 15) is 9.59 Å². The van der Waals surface area contributed by atoms with Gasteiger partial charge in [0.2, 0.25) is 0 Å². The molecule has 0 aliphatic carbocycles. The highest BCUT2D eigenvalue weighted by molar-refractivity contribution is 5.95. The zero-order valence-corrected chi connectivity index (χ0v) is 14.7. The third kappa shape index (κ3) is 3.48. The zero-order chi connectivity index (χ0) is 18.0. The average Bonchev–Trinajstić information content (AvgIpc) is 2.59. The minimum atomic E-state index is -0.151. The van der Waals surface area contributed by atoms with Gasteiger partial charge in [-0.2, -0.15) is 0 Å². The first-order valence-electron chi connectivity index (χ1n) is 8.45. The molecule has 1 heterocycles. The van der Waals surface area contributed by atoms with E-state index in [1.54, 1.807) is 4.90 Å². The Morgan fingerprint density at radius 2 is 1.76 bits per heavy atom. The maximum atomic E-state index is 13.0. The number of para-hydroxylation sites is 1. The zero-order valence-electron chi connectivity index (χ0n) is 14.7. The molecule has 0 saturated heterocycles. The van der Waals surface area contributed by atoms with Gasteiger partial charge in [-0.25, -0.2) is 0 Å². The Kier molecular flexibility index (Phi) is 4.70.